The molecule has 7 heteroatoms. The topological polar surface area (TPSA) is 98.3 Å². The van der Waals surface area contributed by atoms with Gasteiger partial charge in [-0.25, -0.2) is 0 Å². The molecule has 0 saturated carbocycles. The predicted molar refractivity (Wildman–Crippen MR) is 72.7 cm³/mol. The third-order valence-electron chi connectivity index (χ3n) is 2.17. The first-order chi connectivity index (χ1) is 8.91. The van der Waals surface area contributed by atoms with Gasteiger partial charge in [0, 0.05) is 31.0 Å². The van der Waals surface area contributed by atoms with Crippen molar-refractivity contribution in [3.63, 3.8) is 0 Å². The molecule has 0 aromatic heterocycles. The lowest BCUT2D eigenvalue weighted by molar-refractivity contribution is -0.383. The van der Waals surface area contributed by atoms with Crippen LogP contribution in [0.15, 0.2) is 12.1 Å². The summed E-state index contributed by atoms with van der Waals surface area (Å²) in [5.41, 5.74) is 5.67. The van der Waals surface area contributed by atoms with E-state index in [1.807, 2.05) is 0 Å². The number of amides is 1. The summed E-state index contributed by atoms with van der Waals surface area (Å²) in [5, 5.41) is 13.5. The van der Waals surface area contributed by atoms with Gasteiger partial charge in [-0.3, -0.25) is 14.9 Å². The van der Waals surface area contributed by atoms with E-state index in [9.17, 15) is 14.9 Å². The lowest BCUT2D eigenvalue weighted by Gasteiger charge is -2.01. The van der Waals surface area contributed by atoms with Crippen molar-refractivity contribution >= 4 is 28.9 Å². The Labute approximate surface area is 115 Å². The molecule has 0 aliphatic heterocycles. The highest BCUT2D eigenvalue weighted by molar-refractivity contribution is 6.31. The fourth-order valence-electron chi connectivity index (χ4n) is 1.32. The summed E-state index contributed by atoms with van der Waals surface area (Å²) in [6.45, 7) is 1.82. The molecule has 0 aliphatic carbocycles. The molecule has 0 aliphatic rings. The van der Waals surface area contributed by atoms with Crippen molar-refractivity contribution in [2.75, 3.05) is 12.3 Å². The van der Waals surface area contributed by atoms with Crippen LogP contribution in [0.3, 0.4) is 0 Å². The number of carbonyl (C=O) groups is 1. The van der Waals surface area contributed by atoms with Crippen molar-refractivity contribution in [2.24, 2.45) is 0 Å². The van der Waals surface area contributed by atoms with Crippen LogP contribution in [0.4, 0.5) is 11.4 Å². The van der Waals surface area contributed by atoms with E-state index in [4.69, 9.17) is 17.3 Å². The van der Waals surface area contributed by atoms with Crippen molar-refractivity contribution in [3.05, 3.63) is 32.8 Å². The van der Waals surface area contributed by atoms with E-state index in [-0.39, 0.29) is 22.3 Å². The third kappa shape index (κ3) is 4.48. The van der Waals surface area contributed by atoms with E-state index in [0.29, 0.717) is 18.5 Å². The summed E-state index contributed by atoms with van der Waals surface area (Å²) in [7, 11) is 0. The molecule has 1 aromatic carbocycles. The number of halogens is 1. The molecule has 0 saturated heterocycles. The summed E-state index contributed by atoms with van der Waals surface area (Å²) in [6.07, 6.45) is 0.416. The summed E-state index contributed by atoms with van der Waals surface area (Å²) < 4.78 is 0. The van der Waals surface area contributed by atoms with Crippen molar-refractivity contribution in [1.29, 1.82) is 0 Å². The van der Waals surface area contributed by atoms with Gasteiger partial charge >= 0.3 is 0 Å². The van der Waals surface area contributed by atoms with Crippen molar-refractivity contribution in [3.8, 4) is 11.8 Å². The molecule has 1 aromatic rings. The fraction of sp³-hybridized carbons (Fsp3) is 0.250. The number of nitro groups is 1. The number of hydrogen-bond acceptors (Lipinski definition) is 4. The Morgan fingerprint density at radius 2 is 2.26 bits per heavy atom. The van der Waals surface area contributed by atoms with E-state index in [2.05, 4.69) is 17.2 Å². The molecule has 1 amide bonds. The molecule has 19 heavy (non-hydrogen) atoms. The highest BCUT2D eigenvalue weighted by atomic mass is 35.5. The number of nitrogen functional groups attached to an aromatic ring is 1. The lowest BCUT2D eigenvalue weighted by atomic mass is 10.1. The van der Waals surface area contributed by atoms with Gasteiger partial charge in [0.2, 0.25) is 5.91 Å². The highest BCUT2D eigenvalue weighted by Gasteiger charge is 2.15. The zero-order valence-electron chi connectivity index (χ0n) is 10.2. The minimum Gasteiger partial charge on any atom is -0.392 e. The van der Waals surface area contributed by atoms with Crippen molar-refractivity contribution < 1.29 is 9.72 Å². The molecule has 0 heterocycles. The van der Waals surface area contributed by atoms with Gasteiger partial charge in [-0.05, 0) is 6.07 Å². The van der Waals surface area contributed by atoms with E-state index >= 15 is 0 Å². The van der Waals surface area contributed by atoms with Gasteiger partial charge in [0.15, 0.2) is 0 Å². The van der Waals surface area contributed by atoms with Crippen LogP contribution >= 0.6 is 11.6 Å². The SMILES string of the molecule is CC(=O)NCCC#Cc1cc(Cl)cc([N+](=O)[O-])c1N. The van der Waals surface area contributed by atoms with E-state index < -0.39 is 4.92 Å². The van der Waals surface area contributed by atoms with Gasteiger partial charge in [0.25, 0.3) is 5.69 Å². The number of carbonyl (C=O) groups excluding carboxylic acids is 1. The zero-order chi connectivity index (χ0) is 14.4. The first-order valence-corrected chi connectivity index (χ1v) is 5.76. The van der Waals surface area contributed by atoms with Crippen LogP contribution in [-0.2, 0) is 4.79 Å². The molecule has 0 radical (unpaired) electrons. The predicted octanol–water partition coefficient (Wildman–Crippen LogP) is 1.71. The van der Waals surface area contributed by atoms with Crippen LogP contribution in [0.25, 0.3) is 0 Å². The van der Waals surface area contributed by atoms with Crippen LogP contribution in [0.2, 0.25) is 5.02 Å². The maximum Gasteiger partial charge on any atom is 0.294 e. The number of nitrogens with one attached hydrogen (secondary N) is 1. The first-order valence-electron chi connectivity index (χ1n) is 5.38. The van der Waals surface area contributed by atoms with Gasteiger partial charge in [-0.2, -0.15) is 0 Å². The van der Waals surface area contributed by atoms with Gasteiger partial charge in [0.05, 0.1) is 10.5 Å². The second-order valence-corrected chi connectivity index (χ2v) is 4.11. The lowest BCUT2D eigenvalue weighted by Crippen LogP contribution is -2.20. The summed E-state index contributed by atoms with van der Waals surface area (Å²) in [4.78, 5) is 20.8. The number of hydrogen-bond donors (Lipinski definition) is 2. The second kappa shape index (κ2) is 6.61. The molecular weight excluding hydrogens is 270 g/mol. The van der Waals surface area contributed by atoms with Gasteiger partial charge in [0.1, 0.15) is 5.69 Å². The Morgan fingerprint density at radius 3 is 2.84 bits per heavy atom. The summed E-state index contributed by atoms with van der Waals surface area (Å²) in [6, 6.07) is 2.65. The highest BCUT2D eigenvalue weighted by Crippen LogP contribution is 2.28. The Bertz CT molecular complexity index is 576. The van der Waals surface area contributed by atoms with Crippen molar-refractivity contribution in [1.82, 2.24) is 5.32 Å². The van der Waals surface area contributed by atoms with Crippen LogP contribution in [-0.4, -0.2) is 17.4 Å². The minimum absolute atomic E-state index is 0.0126. The van der Waals surface area contributed by atoms with Gasteiger partial charge in [-0.1, -0.05) is 23.4 Å². The molecular formula is C12H12ClN3O3. The van der Waals surface area contributed by atoms with Gasteiger partial charge in [-0.15, -0.1) is 0 Å². The maximum absolute atomic E-state index is 10.7. The summed E-state index contributed by atoms with van der Waals surface area (Å²) >= 11 is 5.76. The quantitative estimate of drug-likeness (QED) is 0.290. The normalized spacial score (nSPS) is 9.37. The molecule has 0 bridgehead atoms. The molecule has 0 fully saturated rings. The van der Waals surface area contributed by atoms with Crippen LogP contribution in [0.5, 0.6) is 0 Å². The van der Waals surface area contributed by atoms with E-state index in [1.165, 1.54) is 19.1 Å². The molecule has 0 spiro atoms. The van der Waals surface area contributed by atoms with Crippen LogP contribution < -0.4 is 11.1 Å². The number of nitrogens with two attached hydrogens (primary N) is 1. The largest absolute Gasteiger partial charge is 0.392 e. The monoisotopic (exact) mass is 281 g/mol. The molecule has 3 N–H and O–H groups in total. The number of anilines is 1. The zero-order valence-corrected chi connectivity index (χ0v) is 11.0. The standard InChI is InChI=1S/C12H12ClN3O3/c1-8(17)15-5-3-2-4-9-6-10(13)7-11(12(9)14)16(18)19/h6-7H,3,5,14H2,1H3,(H,15,17). The third-order valence-corrected chi connectivity index (χ3v) is 2.38. The van der Waals surface area contributed by atoms with Crippen LogP contribution in [0, 0.1) is 22.0 Å². The Kier molecular flexibility index (Phi) is 5.15. The maximum atomic E-state index is 10.7. The number of nitrogens with zero attached hydrogens (tertiary/aromatic N) is 1. The van der Waals surface area contributed by atoms with Crippen molar-refractivity contribution in [2.45, 2.75) is 13.3 Å². The molecule has 6 nitrogen and oxygen atoms in total. The van der Waals surface area contributed by atoms with Crippen LogP contribution in [0.1, 0.15) is 18.9 Å². The second-order valence-electron chi connectivity index (χ2n) is 3.68. The fourth-order valence-corrected chi connectivity index (χ4v) is 1.53. The number of nitro benzene ring substituents is 1. The Balaban J connectivity index is 2.87. The first kappa shape index (κ1) is 14.8. The molecule has 0 unspecified atom stereocenters. The molecule has 0 atom stereocenters. The van der Waals surface area contributed by atoms with Gasteiger partial charge < -0.3 is 11.1 Å². The Morgan fingerprint density at radius 1 is 1.58 bits per heavy atom. The number of benzene rings is 1. The average molecular weight is 282 g/mol. The van der Waals surface area contributed by atoms with E-state index in [1.54, 1.807) is 0 Å². The summed E-state index contributed by atoms with van der Waals surface area (Å²) in [5.74, 6) is 5.33. The average Bonchev–Trinajstić information content (AvgIpc) is 2.31. The Hall–Kier alpha value is -2.26. The molecule has 100 valence electrons. The minimum atomic E-state index is -0.607. The number of rotatable bonds is 3. The molecule has 1 rings (SSSR count). The van der Waals surface area contributed by atoms with E-state index in [0.717, 1.165) is 0 Å². The smallest absolute Gasteiger partial charge is 0.294 e.